The number of carboxylic acid groups (broad SMARTS) is 1. The minimum atomic E-state index is -0.923. The molecule has 5 heteroatoms. The molecule has 0 atom stereocenters. The number of thiophene rings is 1. The lowest BCUT2D eigenvalue weighted by atomic mass is 9.90. The Balaban J connectivity index is 2.37. The topological polar surface area (TPSA) is 53.4 Å². The molecule has 2 heterocycles. The zero-order chi connectivity index (χ0) is 15.6. The Bertz CT molecular complexity index is 630. The predicted octanol–water partition coefficient (Wildman–Crippen LogP) is 3.78. The van der Waals surface area contributed by atoms with Crippen molar-refractivity contribution in [3.63, 3.8) is 0 Å². The molecular weight excluding hydrogens is 284 g/mol. The van der Waals surface area contributed by atoms with E-state index in [4.69, 9.17) is 0 Å². The van der Waals surface area contributed by atoms with E-state index in [1.807, 2.05) is 38.1 Å². The van der Waals surface area contributed by atoms with E-state index in [1.165, 1.54) is 5.56 Å². The molecule has 2 aromatic heterocycles. The maximum absolute atomic E-state index is 11.3. The quantitative estimate of drug-likeness (QED) is 0.934. The number of aromatic nitrogens is 1. The van der Waals surface area contributed by atoms with Gasteiger partial charge in [-0.15, -0.1) is 0 Å². The summed E-state index contributed by atoms with van der Waals surface area (Å²) in [6.45, 7) is 6.81. The van der Waals surface area contributed by atoms with Crippen LogP contribution < -0.4 is 4.90 Å². The smallest absolute Gasteiger partial charge is 0.335 e. The third-order valence-corrected chi connectivity index (χ3v) is 3.95. The van der Waals surface area contributed by atoms with Gasteiger partial charge in [-0.2, -0.15) is 11.3 Å². The van der Waals surface area contributed by atoms with Gasteiger partial charge in [0.15, 0.2) is 0 Å². The van der Waals surface area contributed by atoms with E-state index >= 15 is 0 Å². The summed E-state index contributed by atoms with van der Waals surface area (Å²) in [5.41, 5.74) is 2.07. The normalized spacial score (nSPS) is 11.4. The number of carboxylic acids is 1. The SMILES string of the molecule is CN(Cc1ccsc1)c1cc(C(=O)O)cc(C(C)(C)C)n1. The zero-order valence-electron chi connectivity index (χ0n) is 12.8. The first-order chi connectivity index (χ1) is 9.77. The first kappa shape index (κ1) is 15.5. The van der Waals surface area contributed by atoms with Gasteiger partial charge in [0.2, 0.25) is 0 Å². The highest BCUT2D eigenvalue weighted by molar-refractivity contribution is 7.07. The molecular formula is C16H20N2O2S. The van der Waals surface area contributed by atoms with Crippen molar-refractivity contribution in [2.24, 2.45) is 0 Å². The fraction of sp³-hybridized carbons (Fsp3) is 0.375. The summed E-state index contributed by atoms with van der Waals surface area (Å²) in [4.78, 5) is 17.9. The van der Waals surface area contributed by atoms with Crippen LogP contribution in [0.2, 0.25) is 0 Å². The molecule has 2 rings (SSSR count). The number of carbonyl (C=O) groups is 1. The minimum Gasteiger partial charge on any atom is -0.478 e. The van der Waals surface area contributed by atoms with E-state index in [0.29, 0.717) is 12.4 Å². The average molecular weight is 304 g/mol. The number of nitrogens with zero attached hydrogens (tertiary/aromatic N) is 2. The molecule has 0 aromatic carbocycles. The Morgan fingerprint density at radius 1 is 1.38 bits per heavy atom. The van der Waals surface area contributed by atoms with Crippen LogP contribution in [0.15, 0.2) is 29.0 Å². The van der Waals surface area contributed by atoms with E-state index in [1.54, 1.807) is 23.5 Å². The second-order valence-corrected chi connectivity index (χ2v) is 6.92. The molecule has 0 bridgehead atoms. The third kappa shape index (κ3) is 3.82. The second-order valence-electron chi connectivity index (χ2n) is 6.14. The van der Waals surface area contributed by atoms with Gasteiger partial charge in [-0.05, 0) is 34.5 Å². The van der Waals surface area contributed by atoms with Crippen LogP contribution in [0, 0.1) is 0 Å². The molecule has 112 valence electrons. The summed E-state index contributed by atoms with van der Waals surface area (Å²) in [5.74, 6) is -0.237. The van der Waals surface area contributed by atoms with Gasteiger partial charge >= 0.3 is 5.97 Å². The van der Waals surface area contributed by atoms with Crippen molar-refractivity contribution in [1.29, 1.82) is 0 Å². The fourth-order valence-corrected chi connectivity index (χ4v) is 2.62. The molecule has 2 aromatic rings. The number of hydrogen-bond acceptors (Lipinski definition) is 4. The van der Waals surface area contributed by atoms with Gasteiger partial charge in [-0.1, -0.05) is 20.8 Å². The van der Waals surface area contributed by atoms with Crippen molar-refractivity contribution in [3.05, 3.63) is 45.8 Å². The van der Waals surface area contributed by atoms with Crippen LogP contribution in [0.25, 0.3) is 0 Å². The maximum Gasteiger partial charge on any atom is 0.335 e. The van der Waals surface area contributed by atoms with Crippen LogP contribution in [0.5, 0.6) is 0 Å². The molecule has 0 unspecified atom stereocenters. The summed E-state index contributed by atoms with van der Waals surface area (Å²) < 4.78 is 0. The molecule has 21 heavy (non-hydrogen) atoms. The van der Waals surface area contributed by atoms with Crippen molar-refractivity contribution in [2.45, 2.75) is 32.7 Å². The number of anilines is 1. The summed E-state index contributed by atoms with van der Waals surface area (Å²) >= 11 is 1.65. The molecule has 0 amide bonds. The molecule has 0 fully saturated rings. The van der Waals surface area contributed by atoms with Crippen LogP contribution in [0.3, 0.4) is 0 Å². The van der Waals surface area contributed by atoms with Crippen LogP contribution in [0.1, 0.15) is 42.4 Å². The standard InChI is InChI=1S/C16H20N2O2S/c1-16(2,3)13-7-12(15(19)20)8-14(17-13)18(4)9-11-5-6-21-10-11/h5-8,10H,9H2,1-4H3,(H,19,20). The van der Waals surface area contributed by atoms with Crippen LogP contribution in [-0.2, 0) is 12.0 Å². The van der Waals surface area contributed by atoms with Crippen molar-refractivity contribution in [2.75, 3.05) is 11.9 Å². The molecule has 0 aliphatic rings. The lowest BCUT2D eigenvalue weighted by molar-refractivity contribution is 0.0696. The minimum absolute atomic E-state index is 0.191. The Morgan fingerprint density at radius 3 is 2.62 bits per heavy atom. The van der Waals surface area contributed by atoms with Gasteiger partial charge in [0.1, 0.15) is 5.82 Å². The second kappa shape index (κ2) is 5.85. The Morgan fingerprint density at radius 2 is 2.10 bits per heavy atom. The van der Waals surface area contributed by atoms with Crippen molar-refractivity contribution in [3.8, 4) is 0 Å². The third-order valence-electron chi connectivity index (χ3n) is 3.22. The summed E-state index contributed by atoms with van der Waals surface area (Å²) in [6, 6.07) is 5.35. The summed E-state index contributed by atoms with van der Waals surface area (Å²) in [6.07, 6.45) is 0. The number of pyridine rings is 1. The maximum atomic E-state index is 11.3. The Kier molecular flexibility index (Phi) is 4.32. The molecule has 0 spiro atoms. The highest BCUT2D eigenvalue weighted by atomic mass is 32.1. The summed E-state index contributed by atoms with van der Waals surface area (Å²) in [5, 5.41) is 13.4. The van der Waals surface area contributed by atoms with E-state index < -0.39 is 5.97 Å². The van der Waals surface area contributed by atoms with Crippen molar-refractivity contribution >= 4 is 23.1 Å². The molecule has 4 nitrogen and oxygen atoms in total. The van der Waals surface area contributed by atoms with Gasteiger partial charge in [0.25, 0.3) is 0 Å². The van der Waals surface area contributed by atoms with Crippen LogP contribution >= 0.6 is 11.3 Å². The summed E-state index contributed by atoms with van der Waals surface area (Å²) in [7, 11) is 1.93. The van der Waals surface area contributed by atoms with E-state index in [9.17, 15) is 9.90 Å². The highest BCUT2D eigenvalue weighted by Gasteiger charge is 2.20. The van der Waals surface area contributed by atoms with Gasteiger partial charge in [0.05, 0.1) is 5.56 Å². The zero-order valence-corrected chi connectivity index (χ0v) is 13.6. The fourth-order valence-electron chi connectivity index (χ4n) is 1.96. The number of aromatic carboxylic acids is 1. The number of rotatable bonds is 4. The first-order valence-electron chi connectivity index (χ1n) is 6.75. The molecule has 1 N–H and O–H groups in total. The van der Waals surface area contributed by atoms with Crippen molar-refractivity contribution in [1.82, 2.24) is 4.98 Å². The lowest BCUT2D eigenvalue weighted by Gasteiger charge is -2.23. The average Bonchev–Trinajstić information content (AvgIpc) is 2.90. The van der Waals surface area contributed by atoms with E-state index in [-0.39, 0.29) is 11.0 Å². The monoisotopic (exact) mass is 304 g/mol. The van der Waals surface area contributed by atoms with Gasteiger partial charge < -0.3 is 10.0 Å². The van der Waals surface area contributed by atoms with E-state index in [2.05, 4.69) is 16.4 Å². The van der Waals surface area contributed by atoms with Crippen LogP contribution in [-0.4, -0.2) is 23.1 Å². The predicted molar refractivity (Wildman–Crippen MR) is 86.3 cm³/mol. The first-order valence-corrected chi connectivity index (χ1v) is 7.70. The molecule has 0 aliphatic carbocycles. The van der Waals surface area contributed by atoms with E-state index in [0.717, 1.165) is 5.69 Å². The largest absolute Gasteiger partial charge is 0.478 e. The molecule has 0 saturated heterocycles. The molecule has 0 radical (unpaired) electrons. The number of hydrogen-bond donors (Lipinski definition) is 1. The Labute approximate surface area is 129 Å². The highest BCUT2D eigenvalue weighted by Crippen LogP contribution is 2.25. The molecule has 0 saturated carbocycles. The molecule has 0 aliphatic heterocycles. The van der Waals surface area contributed by atoms with Crippen LogP contribution in [0.4, 0.5) is 5.82 Å². The van der Waals surface area contributed by atoms with Crippen molar-refractivity contribution < 1.29 is 9.90 Å². The van der Waals surface area contributed by atoms with Gasteiger partial charge in [-0.3, -0.25) is 0 Å². The van der Waals surface area contributed by atoms with Gasteiger partial charge in [0, 0.05) is 24.7 Å². The van der Waals surface area contributed by atoms with Gasteiger partial charge in [-0.25, -0.2) is 9.78 Å². The lowest BCUT2D eigenvalue weighted by Crippen LogP contribution is -2.21. The Hall–Kier alpha value is -1.88.